The topological polar surface area (TPSA) is 52.6 Å². The predicted molar refractivity (Wildman–Crippen MR) is 81.0 cm³/mol. The van der Waals surface area contributed by atoms with E-state index in [1.807, 2.05) is 18.4 Å². The van der Waals surface area contributed by atoms with Crippen molar-refractivity contribution >= 4 is 23.7 Å². The summed E-state index contributed by atoms with van der Waals surface area (Å²) in [6, 6.07) is 13.5. The van der Waals surface area contributed by atoms with Crippen molar-refractivity contribution in [1.82, 2.24) is 0 Å². The molecule has 0 radical (unpaired) electrons. The number of carbonyl (C=O) groups excluding carboxylic acids is 2. The maximum absolute atomic E-state index is 12.1. The van der Waals surface area contributed by atoms with E-state index in [9.17, 15) is 9.59 Å². The van der Waals surface area contributed by atoms with E-state index in [4.69, 9.17) is 4.74 Å². The van der Waals surface area contributed by atoms with Crippen LogP contribution in [0.1, 0.15) is 20.7 Å². The number of methoxy groups -OCH3 is 1. The molecule has 0 N–H and O–H groups in total. The largest absolute Gasteiger partial charge is 0.465 e. The van der Waals surface area contributed by atoms with Crippen LogP contribution in [-0.2, 0) is 4.74 Å². The predicted octanol–water partition coefficient (Wildman–Crippen LogP) is 3.41. The number of thioether (sulfide) groups is 1. The summed E-state index contributed by atoms with van der Waals surface area (Å²) >= 11 is 1.48. The van der Waals surface area contributed by atoms with Gasteiger partial charge in [0.2, 0.25) is 0 Å². The van der Waals surface area contributed by atoms with E-state index in [2.05, 4.69) is 4.74 Å². The third-order valence-electron chi connectivity index (χ3n) is 2.81. The summed E-state index contributed by atoms with van der Waals surface area (Å²) in [5.74, 6) is -0.477. The number of ether oxygens (including phenoxy) is 2. The van der Waals surface area contributed by atoms with Crippen LogP contribution in [0.25, 0.3) is 0 Å². The minimum absolute atomic E-state index is 0.378. The quantitative estimate of drug-likeness (QED) is 0.492. The van der Waals surface area contributed by atoms with Gasteiger partial charge >= 0.3 is 11.9 Å². The highest BCUT2D eigenvalue weighted by atomic mass is 32.2. The summed E-state index contributed by atoms with van der Waals surface area (Å²) < 4.78 is 9.91. The zero-order chi connectivity index (χ0) is 15.2. The Kier molecular flexibility index (Phi) is 5.00. The third-order valence-corrected chi connectivity index (χ3v) is 3.61. The lowest BCUT2D eigenvalue weighted by Gasteiger charge is -2.08. The van der Waals surface area contributed by atoms with Gasteiger partial charge in [0.25, 0.3) is 0 Å². The van der Waals surface area contributed by atoms with E-state index in [0.29, 0.717) is 16.9 Å². The second kappa shape index (κ2) is 6.95. The number of benzene rings is 2. The molecular formula is C16H14O4S. The first-order valence-electron chi connectivity index (χ1n) is 6.19. The van der Waals surface area contributed by atoms with Gasteiger partial charge in [-0.15, -0.1) is 11.8 Å². The Bertz CT molecular complexity index is 650. The molecular weight excluding hydrogens is 288 g/mol. The second-order valence-electron chi connectivity index (χ2n) is 4.11. The fourth-order valence-corrected chi connectivity index (χ4v) is 2.34. The molecule has 0 heterocycles. The molecule has 0 aromatic heterocycles. The lowest BCUT2D eigenvalue weighted by atomic mass is 10.2. The molecule has 0 atom stereocenters. The fraction of sp³-hybridized carbons (Fsp3) is 0.125. The third kappa shape index (κ3) is 3.64. The van der Waals surface area contributed by atoms with Gasteiger partial charge in [-0.25, -0.2) is 9.59 Å². The van der Waals surface area contributed by atoms with Crippen LogP contribution in [0, 0.1) is 0 Å². The summed E-state index contributed by atoms with van der Waals surface area (Å²) in [6.45, 7) is 0. The maximum atomic E-state index is 12.1. The average Bonchev–Trinajstić information content (AvgIpc) is 2.54. The van der Waals surface area contributed by atoms with Crippen LogP contribution in [0.3, 0.4) is 0 Å². The van der Waals surface area contributed by atoms with Gasteiger partial charge in [0.1, 0.15) is 5.75 Å². The standard InChI is InChI=1S/C16H14O4S/c1-19-15(17)11-7-9-12(10-8-11)20-16(18)13-5-3-4-6-14(13)21-2/h3-10H,1-2H3. The van der Waals surface area contributed by atoms with E-state index in [0.717, 1.165) is 4.90 Å². The van der Waals surface area contributed by atoms with E-state index in [1.165, 1.54) is 18.9 Å². The van der Waals surface area contributed by atoms with Crippen molar-refractivity contribution in [2.24, 2.45) is 0 Å². The Morgan fingerprint density at radius 3 is 2.24 bits per heavy atom. The van der Waals surface area contributed by atoms with Crippen molar-refractivity contribution in [3.05, 3.63) is 59.7 Å². The number of esters is 2. The molecule has 0 bridgehead atoms. The first-order valence-corrected chi connectivity index (χ1v) is 7.41. The van der Waals surface area contributed by atoms with Crippen LogP contribution >= 0.6 is 11.8 Å². The Hall–Kier alpha value is -2.27. The molecule has 4 nitrogen and oxygen atoms in total. The molecule has 0 unspecified atom stereocenters. The average molecular weight is 302 g/mol. The molecule has 5 heteroatoms. The van der Waals surface area contributed by atoms with Crippen LogP contribution in [-0.4, -0.2) is 25.3 Å². The number of hydrogen-bond donors (Lipinski definition) is 0. The first kappa shape index (κ1) is 15.1. The van der Waals surface area contributed by atoms with Crippen LogP contribution in [0.15, 0.2) is 53.4 Å². The van der Waals surface area contributed by atoms with Gasteiger partial charge in [-0.3, -0.25) is 0 Å². The van der Waals surface area contributed by atoms with E-state index in [1.54, 1.807) is 36.4 Å². The van der Waals surface area contributed by atoms with Gasteiger partial charge in [-0.2, -0.15) is 0 Å². The van der Waals surface area contributed by atoms with Crippen LogP contribution < -0.4 is 4.74 Å². The molecule has 21 heavy (non-hydrogen) atoms. The molecule has 0 aliphatic rings. The summed E-state index contributed by atoms with van der Waals surface area (Å²) in [5, 5.41) is 0. The lowest BCUT2D eigenvalue weighted by Crippen LogP contribution is -2.10. The minimum Gasteiger partial charge on any atom is -0.465 e. The smallest absolute Gasteiger partial charge is 0.344 e. The monoisotopic (exact) mass is 302 g/mol. The normalized spacial score (nSPS) is 10.0. The molecule has 0 aliphatic carbocycles. The van der Waals surface area contributed by atoms with Crippen molar-refractivity contribution < 1.29 is 19.1 Å². The van der Waals surface area contributed by atoms with Crippen LogP contribution in [0.2, 0.25) is 0 Å². The van der Waals surface area contributed by atoms with Crippen LogP contribution in [0.5, 0.6) is 5.75 Å². The van der Waals surface area contributed by atoms with Crippen molar-refractivity contribution in [3.8, 4) is 5.75 Å². The zero-order valence-electron chi connectivity index (χ0n) is 11.7. The Labute approximate surface area is 127 Å². The van der Waals surface area contributed by atoms with Crippen molar-refractivity contribution in [2.45, 2.75) is 4.90 Å². The van der Waals surface area contributed by atoms with Gasteiger partial charge in [-0.1, -0.05) is 12.1 Å². The number of carbonyl (C=O) groups is 2. The minimum atomic E-state index is -0.430. The van der Waals surface area contributed by atoms with Crippen molar-refractivity contribution in [3.63, 3.8) is 0 Å². The summed E-state index contributed by atoms with van der Waals surface area (Å²) in [6.07, 6.45) is 1.90. The number of rotatable bonds is 4. The zero-order valence-corrected chi connectivity index (χ0v) is 12.5. The van der Waals surface area contributed by atoms with Crippen molar-refractivity contribution in [2.75, 3.05) is 13.4 Å². The highest BCUT2D eigenvalue weighted by Crippen LogP contribution is 2.22. The first-order chi connectivity index (χ1) is 10.2. The SMILES string of the molecule is COC(=O)c1ccc(OC(=O)c2ccccc2SC)cc1. The van der Waals surface area contributed by atoms with Crippen LogP contribution in [0.4, 0.5) is 0 Å². The molecule has 0 aliphatic heterocycles. The van der Waals surface area contributed by atoms with Gasteiger partial charge < -0.3 is 9.47 Å². The fourth-order valence-electron chi connectivity index (χ4n) is 1.75. The highest BCUT2D eigenvalue weighted by Gasteiger charge is 2.13. The van der Waals surface area contributed by atoms with Gasteiger partial charge in [-0.05, 0) is 42.7 Å². The molecule has 2 aromatic rings. The highest BCUT2D eigenvalue weighted by molar-refractivity contribution is 7.98. The summed E-state index contributed by atoms with van der Waals surface area (Å²) in [5.41, 5.74) is 0.920. The Balaban J connectivity index is 2.14. The summed E-state index contributed by atoms with van der Waals surface area (Å²) in [4.78, 5) is 24.3. The van der Waals surface area contributed by atoms with E-state index >= 15 is 0 Å². The molecule has 0 saturated carbocycles. The Morgan fingerprint density at radius 2 is 1.62 bits per heavy atom. The molecule has 108 valence electrons. The molecule has 2 aromatic carbocycles. The van der Waals surface area contributed by atoms with E-state index in [-0.39, 0.29) is 0 Å². The Morgan fingerprint density at radius 1 is 0.952 bits per heavy atom. The molecule has 0 saturated heterocycles. The van der Waals surface area contributed by atoms with Gasteiger partial charge in [0, 0.05) is 4.90 Å². The molecule has 0 spiro atoms. The van der Waals surface area contributed by atoms with Gasteiger partial charge in [0.15, 0.2) is 0 Å². The van der Waals surface area contributed by atoms with Crippen molar-refractivity contribution in [1.29, 1.82) is 0 Å². The van der Waals surface area contributed by atoms with Gasteiger partial charge in [0.05, 0.1) is 18.2 Å². The molecule has 0 fully saturated rings. The number of hydrogen-bond acceptors (Lipinski definition) is 5. The molecule has 2 rings (SSSR count). The summed E-state index contributed by atoms with van der Waals surface area (Å²) in [7, 11) is 1.32. The molecule has 0 amide bonds. The van der Waals surface area contributed by atoms with E-state index < -0.39 is 11.9 Å². The second-order valence-corrected chi connectivity index (χ2v) is 4.95. The maximum Gasteiger partial charge on any atom is 0.344 e. The lowest BCUT2D eigenvalue weighted by molar-refractivity contribution is 0.0600.